The Kier molecular flexibility index (Phi) is 4.93. The SMILES string of the molecule is CCOc1cc(C2c3c(oc4ccc(C)cc4c3=O)C(=O)N2c2cccc(C)c2)ccc1O. The summed E-state index contributed by atoms with van der Waals surface area (Å²) in [6, 6.07) is 17.1. The summed E-state index contributed by atoms with van der Waals surface area (Å²) in [4.78, 5) is 28.9. The summed E-state index contributed by atoms with van der Waals surface area (Å²) in [6.07, 6.45) is 0. The predicted octanol–water partition coefficient (Wildman–Crippen LogP) is 5.26. The molecule has 1 amide bonds. The Bertz CT molecular complexity index is 1470. The highest BCUT2D eigenvalue weighted by Gasteiger charge is 2.44. The minimum atomic E-state index is -0.727. The monoisotopic (exact) mass is 441 g/mol. The number of phenolic OH excluding ortho intramolecular Hbond substituents is 1. The Morgan fingerprint density at radius 1 is 1.00 bits per heavy atom. The van der Waals surface area contributed by atoms with E-state index in [2.05, 4.69) is 0 Å². The van der Waals surface area contributed by atoms with Crippen LogP contribution in [-0.4, -0.2) is 17.6 Å². The van der Waals surface area contributed by atoms with Gasteiger partial charge in [0, 0.05) is 5.69 Å². The number of fused-ring (bicyclic) bond motifs is 2. The Labute approximate surface area is 190 Å². The van der Waals surface area contributed by atoms with Crippen molar-refractivity contribution >= 4 is 22.6 Å². The first-order valence-corrected chi connectivity index (χ1v) is 10.8. The van der Waals surface area contributed by atoms with Gasteiger partial charge < -0.3 is 14.3 Å². The molecule has 0 radical (unpaired) electrons. The van der Waals surface area contributed by atoms with Gasteiger partial charge in [-0.15, -0.1) is 0 Å². The third kappa shape index (κ3) is 3.35. The van der Waals surface area contributed by atoms with Gasteiger partial charge in [0.25, 0.3) is 5.91 Å². The number of nitrogens with zero attached hydrogens (tertiary/aromatic N) is 1. The first kappa shape index (κ1) is 20.8. The van der Waals surface area contributed by atoms with Crippen LogP contribution in [0.25, 0.3) is 11.0 Å². The van der Waals surface area contributed by atoms with Crippen molar-refractivity contribution in [2.24, 2.45) is 0 Å². The summed E-state index contributed by atoms with van der Waals surface area (Å²) >= 11 is 0. The van der Waals surface area contributed by atoms with E-state index in [9.17, 15) is 14.7 Å². The molecule has 2 heterocycles. The highest BCUT2D eigenvalue weighted by atomic mass is 16.5. The number of benzene rings is 3. The molecule has 3 aromatic carbocycles. The summed E-state index contributed by atoms with van der Waals surface area (Å²) in [7, 11) is 0. The van der Waals surface area contributed by atoms with Crippen LogP contribution in [0.15, 0.2) is 69.9 Å². The topological polar surface area (TPSA) is 80.0 Å². The maximum Gasteiger partial charge on any atom is 0.295 e. The molecule has 0 saturated heterocycles. The minimum Gasteiger partial charge on any atom is -0.504 e. The lowest BCUT2D eigenvalue weighted by atomic mass is 9.97. The van der Waals surface area contributed by atoms with E-state index in [1.807, 2.05) is 51.1 Å². The van der Waals surface area contributed by atoms with Crippen molar-refractivity contribution in [2.75, 3.05) is 11.5 Å². The van der Waals surface area contributed by atoms with Crippen molar-refractivity contribution in [3.63, 3.8) is 0 Å². The third-order valence-corrected chi connectivity index (χ3v) is 5.90. The molecule has 0 spiro atoms. The van der Waals surface area contributed by atoms with Crippen molar-refractivity contribution < 1.29 is 19.1 Å². The van der Waals surface area contributed by atoms with Crippen molar-refractivity contribution in [3.05, 3.63) is 98.9 Å². The predicted molar refractivity (Wildman–Crippen MR) is 126 cm³/mol. The number of phenols is 1. The zero-order chi connectivity index (χ0) is 23.3. The number of aryl methyl sites for hydroxylation is 2. The molecule has 0 saturated carbocycles. The summed E-state index contributed by atoms with van der Waals surface area (Å²) in [5.41, 5.74) is 3.63. The van der Waals surface area contributed by atoms with Gasteiger partial charge in [-0.25, -0.2) is 0 Å². The van der Waals surface area contributed by atoms with Gasteiger partial charge in [-0.2, -0.15) is 0 Å². The number of hydrogen-bond donors (Lipinski definition) is 1. The second kappa shape index (κ2) is 7.81. The van der Waals surface area contributed by atoms with Crippen LogP contribution in [0.1, 0.15) is 45.8 Å². The van der Waals surface area contributed by atoms with Gasteiger partial charge in [-0.3, -0.25) is 14.5 Å². The van der Waals surface area contributed by atoms with Crippen molar-refractivity contribution in [1.82, 2.24) is 0 Å². The summed E-state index contributed by atoms with van der Waals surface area (Å²) < 4.78 is 11.6. The quantitative estimate of drug-likeness (QED) is 0.467. The van der Waals surface area contributed by atoms with Crippen LogP contribution in [-0.2, 0) is 0 Å². The second-order valence-electron chi connectivity index (χ2n) is 8.25. The fraction of sp³-hybridized carbons (Fsp3) is 0.185. The van der Waals surface area contributed by atoms with Gasteiger partial charge in [0.2, 0.25) is 5.76 Å². The zero-order valence-corrected chi connectivity index (χ0v) is 18.6. The lowest BCUT2D eigenvalue weighted by Crippen LogP contribution is -2.29. The first-order valence-electron chi connectivity index (χ1n) is 10.8. The van der Waals surface area contributed by atoms with Crippen molar-refractivity contribution in [1.29, 1.82) is 0 Å². The molecule has 1 aromatic heterocycles. The number of hydrogen-bond acceptors (Lipinski definition) is 5. The molecule has 1 aliphatic heterocycles. The number of rotatable bonds is 4. The lowest BCUT2D eigenvalue weighted by molar-refractivity contribution is 0.0971. The van der Waals surface area contributed by atoms with Crippen LogP contribution in [0.3, 0.4) is 0 Å². The summed E-state index contributed by atoms with van der Waals surface area (Å²) in [6.45, 7) is 6.04. The number of anilines is 1. The molecule has 33 heavy (non-hydrogen) atoms. The molecular formula is C27H23NO5. The smallest absolute Gasteiger partial charge is 0.295 e. The first-order chi connectivity index (χ1) is 15.9. The molecule has 1 N–H and O–H groups in total. The van der Waals surface area contributed by atoms with Crippen LogP contribution >= 0.6 is 0 Å². The maximum absolute atomic E-state index is 13.7. The van der Waals surface area contributed by atoms with E-state index >= 15 is 0 Å². The Balaban J connectivity index is 1.81. The second-order valence-corrected chi connectivity index (χ2v) is 8.25. The molecule has 1 aliphatic rings. The standard InChI is InChI=1S/C27H23NO5/c1-4-32-22-14-17(9-10-20(22)29)24-23-25(30)19-13-16(3)8-11-21(19)33-26(23)27(31)28(24)18-7-5-6-15(2)12-18/h5-14,24,29H,4H2,1-3H3. The highest BCUT2D eigenvalue weighted by molar-refractivity contribution is 6.10. The molecule has 0 fully saturated rings. The fourth-order valence-corrected chi connectivity index (χ4v) is 4.42. The van der Waals surface area contributed by atoms with E-state index < -0.39 is 6.04 Å². The van der Waals surface area contributed by atoms with Gasteiger partial charge in [-0.05, 0) is 68.3 Å². The van der Waals surface area contributed by atoms with Gasteiger partial charge >= 0.3 is 0 Å². The van der Waals surface area contributed by atoms with E-state index in [0.717, 1.165) is 11.1 Å². The van der Waals surface area contributed by atoms with Gasteiger partial charge in [0.1, 0.15) is 5.58 Å². The van der Waals surface area contributed by atoms with E-state index in [1.165, 1.54) is 6.07 Å². The van der Waals surface area contributed by atoms with Gasteiger partial charge in [0.15, 0.2) is 16.9 Å². The van der Waals surface area contributed by atoms with E-state index in [-0.39, 0.29) is 28.4 Å². The maximum atomic E-state index is 13.7. The summed E-state index contributed by atoms with van der Waals surface area (Å²) in [5.74, 6) is -0.0605. The van der Waals surface area contributed by atoms with Crippen LogP contribution in [0, 0.1) is 13.8 Å². The summed E-state index contributed by atoms with van der Waals surface area (Å²) in [5, 5.41) is 10.6. The molecule has 1 unspecified atom stereocenters. The van der Waals surface area contributed by atoms with E-state index in [4.69, 9.17) is 9.15 Å². The van der Waals surface area contributed by atoms with E-state index in [0.29, 0.717) is 34.6 Å². The number of carbonyl (C=O) groups excluding carboxylic acids is 1. The van der Waals surface area contributed by atoms with Gasteiger partial charge in [0.05, 0.1) is 23.6 Å². The molecule has 4 aromatic rings. The molecule has 0 aliphatic carbocycles. The lowest BCUT2D eigenvalue weighted by Gasteiger charge is -2.26. The van der Waals surface area contributed by atoms with Crippen LogP contribution < -0.4 is 15.1 Å². The number of ether oxygens (including phenoxy) is 1. The average molecular weight is 441 g/mol. The van der Waals surface area contributed by atoms with Crippen LogP contribution in [0.5, 0.6) is 11.5 Å². The molecule has 1 atom stereocenters. The van der Waals surface area contributed by atoms with E-state index in [1.54, 1.807) is 29.2 Å². The normalized spacial score (nSPS) is 15.2. The molecule has 6 heteroatoms. The molecule has 5 rings (SSSR count). The van der Waals surface area contributed by atoms with Crippen LogP contribution in [0.4, 0.5) is 5.69 Å². The molecule has 166 valence electrons. The minimum absolute atomic E-state index is 0.00609. The van der Waals surface area contributed by atoms with Crippen LogP contribution in [0.2, 0.25) is 0 Å². The van der Waals surface area contributed by atoms with Crippen molar-refractivity contribution in [2.45, 2.75) is 26.8 Å². The van der Waals surface area contributed by atoms with Gasteiger partial charge in [-0.1, -0.05) is 29.8 Å². The molecule has 0 bridgehead atoms. The number of amides is 1. The fourth-order valence-electron chi connectivity index (χ4n) is 4.42. The zero-order valence-electron chi connectivity index (χ0n) is 18.6. The average Bonchev–Trinajstić information content (AvgIpc) is 3.08. The largest absolute Gasteiger partial charge is 0.504 e. The Morgan fingerprint density at radius 3 is 2.55 bits per heavy atom. The molecule has 6 nitrogen and oxygen atoms in total. The molecular weight excluding hydrogens is 418 g/mol. The third-order valence-electron chi connectivity index (χ3n) is 5.90. The number of carbonyl (C=O) groups is 1. The number of aromatic hydroxyl groups is 1. The Hall–Kier alpha value is -4.06. The highest BCUT2D eigenvalue weighted by Crippen LogP contribution is 2.43. The van der Waals surface area contributed by atoms with Crippen molar-refractivity contribution in [3.8, 4) is 11.5 Å². The Morgan fingerprint density at radius 2 is 1.79 bits per heavy atom.